The van der Waals surface area contributed by atoms with Crippen LogP contribution in [-0.4, -0.2) is 74.5 Å². The van der Waals surface area contributed by atoms with E-state index in [0.29, 0.717) is 79.0 Å². The Morgan fingerprint density at radius 2 is 1.62 bits per heavy atom. The van der Waals surface area contributed by atoms with Gasteiger partial charge in [-0.3, -0.25) is 33.6 Å². The number of alkyl halides is 2. The first-order valence-corrected chi connectivity index (χ1v) is 18.6. The molecule has 0 radical (unpaired) electrons. The largest absolute Gasteiger partial charge is 0.496 e. The van der Waals surface area contributed by atoms with Crippen LogP contribution in [0.5, 0.6) is 11.5 Å². The number of carbonyl (C=O) groups is 3. The maximum atomic E-state index is 14.1. The lowest BCUT2D eigenvalue weighted by Crippen LogP contribution is -2.56. The zero-order chi connectivity index (χ0) is 40.8. The number of imidazole rings is 1. The molecule has 1 N–H and O–H groups in total. The van der Waals surface area contributed by atoms with Gasteiger partial charge in [0.05, 0.1) is 55.8 Å². The smallest absolute Gasteiger partial charge is 0.329 e. The van der Waals surface area contributed by atoms with Crippen LogP contribution in [-0.2, 0) is 36.8 Å². The molecule has 1 atom stereocenters. The zero-order valence-corrected chi connectivity index (χ0v) is 32.0. The number of fused-ring (bicyclic) bond motifs is 3. The third-order valence-corrected chi connectivity index (χ3v) is 11.4. The van der Waals surface area contributed by atoms with Crippen molar-refractivity contribution in [2.45, 2.75) is 37.9 Å². The van der Waals surface area contributed by atoms with Crippen LogP contribution in [0.3, 0.4) is 0 Å². The minimum absolute atomic E-state index is 0.127. The molecular weight excluding hydrogens is 752 g/mol. The van der Waals surface area contributed by atoms with Crippen molar-refractivity contribution in [1.82, 2.24) is 28.9 Å². The first kappa shape index (κ1) is 36.8. The molecule has 3 aromatic carbocycles. The topological polar surface area (TPSA) is 150 Å². The number of benzene rings is 3. The van der Waals surface area contributed by atoms with Crippen LogP contribution in [0.25, 0.3) is 44.1 Å². The second-order valence-corrected chi connectivity index (χ2v) is 15.0. The summed E-state index contributed by atoms with van der Waals surface area (Å²) in [4.78, 5) is 72.9. The number of amides is 3. The average Bonchev–Trinajstić information content (AvgIpc) is 3.65. The third kappa shape index (κ3) is 5.80. The Bertz CT molecular complexity index is 2860. The number of aromatic nitrogens is 4. The SMILES string of the molecule is COc1cc(-c2cn(C)c(=O)c3cnc(N4CC(F)(F)C4)cc23)cc(OC)c1CN1Cc2ccc(-c3cccc4c3n(C)c(=O)n4C3CCC(=O)NC3=O)cc2C1=O. The van der Waals surface area contributed by atoms with Crippen molar-refractivity contribution in [1.29, 1.82) is 0 Å². The number of hydrogen-bond acceptors (Lipinski definition) is 9. The van der Waals surface area contributed by atoms with Crippen molar-refractivity contribution in [2.75, 3.05) is 32.2 Å². The molecule has 9 rings (SSSR count). The summed E-state index contributed by atoms with van der Waals surface area (Å²) < 4.78 is 43.6. The summed E-state index contributed by atoms with van der Waals surface area (Å²) in [5, 5.41) is 3.19. The van der Waals surface area contributed by atoms with Crippen molar-refractivity contribution in [2.24, 2.45) is 14.1 Å². The highest BCUT2D eigenvalue weighted by Gasteiger charge is 2.44. The Labute approximate surface area is 328 Å². The van der Waals surface area contributed by atoms with E-state index in [4.69, 9.17) is 9.47 Å². The summed E-state index contributed by atoms with van der Waals surface area (Å²) >= 11 is 0. The van der Waals surface area contributed by atoms with Crippen LogP contribution in [0.1, 0.15) is 40.4 Å². The lowest BCUT2D eigenvalue weighted by molar-refractivity contribution is -0.135. The summed E-state index contributed by atoms with van der Waals surface area (Å²) in [6, 6.07) is 15.4. The summed E-state index contributed by atoms with van der Waals surface area (Å²) in [5.41, 5.74) is 5.06. The van der Waals surface area contributed by atoms with E-state index in [9.17, 15) is 32.8 Å². The van der Waals surface area contributed by atoms with Gasteiger partial charge in [-0.2, -0.15) is 0 Å². The second-order valence-electron chi connectivity index (χ2n) is 15.0. The van der Waals surface area contributed by atoms with Crippen molar-refractivity contribution in [3.05, 3.63) is 105 Å². The molecule has 2 saturated heterocycles. The molecule has 0 bridgehead atoms. The van der Waals surface area contributed by atoms with Crippen molar-refractivity contribution < 1.29 is 32.6 Å². The van der Waals surface area contributed by atoms with Crippen LogP contribution < -0.4 is 30.9 Å². The summed E-state index contributed by atoms with van der Waals surface area (Å²) in [5.74, 6) is -2.69. The number of aryl methyl sites for hydroxylation is 2. The molecule has 1 unspecified atom stereocenters. The van der Waals surface area contributed by atoms with E-state index in [2.05, 4.69) is 10.3 Å². The maximum absolute atomic E-state index is 14.1. The fourth-order valence-electron chi connectivity index (χ4n) is 8.47. The highest BCUT2D eigenvalue weighted by Crippen LogP contribution is 2.41. The first-order valence-electron chi connectivity index (χ1n) is 18.6. The number of carbonyl (C=O) groups excluding carboxylic acids is 3. The molecule has 0 saturated carbocycles. The molecule has 3 aliphatic heterocycles. The Morgan fingerprint density at radius 3 is 2.31 bits per heavy atom. The molecule has 296 valence electrons. The monoisotopic (exact) mass is 789 g/mol. The van der Waals surface area contributed by atoms with Gasteiger partial charge in [-0.25, -0.2) is 18.6 Å². The second kappa shape index (κ2) is 13.4. The first-order chi connectivity index (χ1) is 27.8. The van der Waals surface area contributed by atoms with Crippen molar-refractivity contribution in [3.63, 3.8) is 0 Å². The number of rotatable bonds is 8. The minimum atomic E-state index is -2.80. The van der Waals surface area contributed by atoms with Gasteiger partial charge in [-0.1, -0.05) is 24.3 Å². The number of hydrogen-bond donors (Lipinski definition) is 1. The number of nitrogens with one attached hydrogen (secondary N) is 1. The molecule has 6 aromatic rings. The van der Waals surface area contributed by atoms with E-state index in [1.54, 1.807) is 55.5 Å². The summed E-state index contributed by atoms with van der Waals surface area (Å²) in [7, 11) is 6.29. The van der Waals surface area contributed by atoms with Gasteiger partial charge in [0.25, 0.3) is 17.4 Å². The predicted molar refractivity (Wildman–Crippen MR) is 210 cm³/mol. The van der Waals surface area contributed by atoms with E-state index in [0.717, 1.165) is 5.56 Å². The number of pyridine rings is 2. The number of piperidine rings is 1. The predicted octanol–water partition coefficient (Wildman–Crippen LogP) is 4.53. The van der Waals surface area contributed by atoms with Crippen molar-refractivity contribution >= 4 is 45.3 Å². The molecule has 3 aromatic heterocycles. The maximum Gasteiger partial charge on any atom is 0.329 e. The highest BCUT2D eigenvalue weighted by atomic mass is 19.3. The quantitative estimate of drug-likeness (QED) is 0.220. The van der Waals surface area contributed by atoms with E-state index < -0.39 is 31.0 Å². The number of halogens is 2. The Kier molecular flexibility index (Phi) is 8.49. The van der Waals surface area contributed by atoms with Crippen LogP contribution in [0, 0.1) is 0 Å². The molecule has 6 heterocycles. The fourth-order valence-corrected chi connectivity index (χ4v) is 8.47. The fraction of sp³-hybridized carbons (Fsp3) is 0.286. The molecule has 2 fully saturated rings. The molecule has 3 aliphatic rings. The number of anilines is 1. The molecule has 3 amide bonds. The number of imide groups is 1. The van der Waals surface area contributed by atoms with E-state index in [1.807, 2.05) is 24.3 Å². The Balaban J connectivity index is 1.04. The van der Waals surface area contributed by atoms with Gasteiger partial charge < -0.3 is 23.8 Å². The van der Waals surface area contributed by atoms with Gasteiger partial charge in [0.1, 0.15) is 23.4 Å². The summed E-state index contributed by atoms with van der Waals surface area (Å²) in [6.45, 7) is -0.464. The average molecular weight is 790 g/mol. The van der Waals surface area contributed by atoms with E-state index >= 15 is 0 Å². The molecule has 0 spiro atoms. The lowest BCUT2D eigenvalue weighted by Gasteiger charge is -2.39. The Hall–Kier alpha value is -6.84. The van der Waals surface area contributed by atoms with Crippen LogP contribution in [0.2, 0.25) is 0 Å². The normalized spacial score (nSPS) is 17.5. The van der Waals surface area contributed by atoms with E-state index in [1.165, 1.54) is 39.0 Å². The molecule has 58 heavy (non-hydrogen) atoms. The molecule has 14 nitrogen and oxygen atoms in total. The van der Waals surface area contributed by atoms with Gasteiger partial charge in [0, 0.05) is 61.5 Å². The highest BCUT2D eigenvalue weighted by molar-refractivity contribution is 6.03. The zero-order valence-electron chi connectivity index (χ0n) is 32.0. The van der Waals surface area contributed by atoms with Crippen molar-refractivity contribution in [3.8, 4) is 33.8 Å². The Morgan fingerprint density at radius 1 is 0.879 bits per heavy atom. The third-order valence-electron chi connectivity index (χ3n) is 11.4. The molecule has 0 aliphatic carbocycles. The summed E-state index contributed by atoms with van der Waals surface area (Å²) in [6.07, 6.45) is 3.43. The number of methoxy groups -OCH3 is 2. The number of nitrogens with zero attached hydrogens (tertiary/aromatic N) is 6. The van der Waals surface area contributed by atoms with Gasteiger partial charge in [0.2, 0.25) is 11.8 Å². The van der Waals surface area contributed by atoms with Gasteiger partial charge in [-0.15, -0.1) is 0 Å². The van der Waals surface area contributed by atoms with E-state index in [-0.39, 0.29) is 42.4 Å². The standard InChI is InChI=1S/C42H37F2N7O7/c1-47-18-29(27-15-35(45-16-28(27)39(47)54)50-20-42(43,44)21-50)24-13-33(57-3)30(34(14-24)58-4)19-49-17-23-9-8-22(12-26(23)40(49)55)25-6-5-7-31-37(25)48(2)41(56)51(31)32-10-11-36(52)46-38(32)53/h5-9,12-16,18,32H,10-11,17,19-21H2,1-4H3,(H,46,52,53). The van der Waals surface area contributed by atoms with Crippen LogP contribution in [0.15, 0.2) is 76.6 Å². The number of ether oxygens (including phenoxy) is 2. The molecule has 16 heteroatoms. The van der Waals surface area contributed by atoms with Crippen LogP contribution >= 0.6 is 0 Å². The van der Waals surface area contributed by atoms with Gasteiger partial charge >= 0.3 is 5.69 Å². The lowest BCUT2D eigenvalue weighted by atomic mass is 9.98. The van der Waals surface area contributed by atoms with Crippen LogP contribution in [0.4, 0.5) is 14.6 Å². The number of para-hydroxylation sites is 1. The van der Waals surface area contributed by atoms with Gasteiger partial charge in [0.15, 0.2) is 0 Å². The van der Waals surface area contributed by atoms with Gasteiger partial charge in [-0.05, 0) is 53.4 Å². The molecular formula is C42H37F2N7O7. The minimum Gasteiger partial charge on any atom is -0.496 e.